The topological polar surface area (TPSA) is 111 Å². The first-order valence-electron chi connectivity index (χ1n) is 40.2. The molecule has 0 aliphatic heterocycles. The Labute approximate surface area is 582 Å². The van der Waals surface area contributed by atoms with E-state index in [0.717, 1.165) is 89.9 Å². The number of ether oxygens (including phenoxy) is 4. The molecule has 0 spiro atoms. The minimum atomic E-state index is -1.63. The fourth-order valence-corrected chi connectivity index (χ4v) is 11.8. The van der Waals surface area contributed by atoms with Gasteiger partial charge in [-0.05, 0) is 70.6 Å². The van der Waals surface area contributed by atoms with Gasteiger partial charge in [0.1, 0.15) is 13.2 Å². The maximum atomic E-state index is 13.0. The summed E-state index contributed by atoms with van der Waals surface area (Å²) >= 11 is 0. The molecule has 9 nitrogen and oxygen atoms in total. The van der Waals surface area contributed by atoms with Gasteiger partial charge in [0.05, 0.1) is 40.3 Å². The van der Waals surface area contributed by atoms with Crippen LogP contribution in [0.2, 0.25) is 0 Å². The molecule has 0 aliphatic carbocycles. The predicted octanol–water partition coefficient (Wildman–Crippen LogP) is 24.4. The molecule has 0 aromatic heterocycles. The average Bonchev–Trinajstić information content (AvgIpc) is 3.76. The summed E-state index contributed by atoms with van der Waals surface area (Å²) in [4.78, 5) is 37.6. The summed E-state index contributed by atoms with van der Waals surface area (Å²) in [6.45, 7) is 4.68. The van der Waals surface area contributed by atoms with Gasteiger partial charge in [-0.25, -0.2) is 0 Å². The zero-order chi connectivity index (χ0) is 68.2. The van der Waals surface area contributed by atoms with Gasteiger partial charge in [-0.15, -0.1) is 0 Å². The minimum absolute atomic E-state index is 0.145. The molecular weight excluding hydrogens is 1160 g/mol. The van der Waals surface area contributed by atoms with Crippen LogP contribution in [0.4, 0.5) is 0 Å². The van der Waals surface area contributed by atoms with E-state index in [4.69, 9.17) is 18.9 Å². The highest BCUT2D eigenvalue weighted by atomic mass is 16.7. The van der Waals surface area contributed by atoms with Crippen LogP contribution in [0, 0.1) is 0 Å². The van der Waals surface area contributed by atoms with Crippen LogP contribution in [0.5, 0.6) is 0 Å². The van der Waals surface area contributed by atoms with Gasteiger partial charge < -0.3 is 33.3 Å². The smallest absolute Gasteiger partial charge is 0.306 e. The number of unbranched alkanes of at least 4 members (excludes halogenated alkanes) is 46. The zero-order valence-electron chi connectivity index (χ0n) is 62.6. The van der Waals surface area contributed by atoms with Crippen LogP contribution >= 0.6 is 0 Å². The number of carboxylic acid groups (broad SMARTS) is 1. The van der Waals surface area contributed by atoms with Crippen LogP contribution in [-0.2, 0) is 33.3 Å². The summed E-state index contributed by atoms with van der Waals surface area (Å²) in [7, 11) is 5.94. The molecule has 2 unspecified atom stereocenters. The van der Waals surface area contributed by atoms with E-state index in [9.17, 15) is 19.5 Å². The van der Waals surface area contributed by atoms with E-state index in [1.807, 2.05) is 21.1 Å². The monoisotopic (exact) mass is 1320 g/mol. The number of quaternary nitrogens is 1. The largest absolute Gasteiger partial charge is 0.545 e. The molecule has 0 fully saturated rings. The number of nitrogens with zero attached hydrogens (tertiary/aromatic N) is 1. The van der Waals surface area contributed by atoms with Crippen molar-refractivity contribution in [1.29, 1.82) is 0 Å². The molecule has 0 saturated heterocycles. The highest BCUT2D eigenvalue weighted by Crippen LogP contribution is 2.19. The maximum Gasteiger partial charge on any atom is 0.306 e. The molecule has 0 N–H and O–H groups in total. The third-order valence-electron chi connectivity index (χ3n) is 17.9. The lowest BCUT2D eigenvalue weighted by atomic mass is 10.0. The normalized spacial score (nSPS) is 13.1. The van der Waals surface area contributed by atoms with E-state index in [2.05, 4.69) is 98.9 Å². The van der Waals surface area contributed by atoms with E-state index < -0.39 is 24.3 Å². The molecule has 0 saturated carbocycles. The van der Waals surface area contributed by atoms with Crippen LogP contribution in [0.3, 0.4) is 0 Å². The van der Waals surface area contributed by atoms with Crippen molar-refractivity contribution in [2.45, 2.75) is 392 Å². The second-order valence-corrected chi connectivity index (χ2v) is 28.3. The zero-order valence-corrected chi connectivity index (χ0v) is 62.6. The van der Waals surface area contributed by atoms with E-state index >= 15 is 0 Å². The quantitative estimate of drug-likeness (QED) is 0.0195. The molecule has 94 heavy (non-hydrogen) atoms. The molecule has 0 bridgehead atoms. The molecule has 9 heteroatoms. The summed E-state index contributed by atoms with van der Waals surface area (Å²) in [6.07, 6.45) is 100. The standard InChI is InChI=1S/C85H153NO8/c1-6-8-10-12-14-16-18-20-22-24-26-28-30-32-34-36-38-39-40-41-42-43-44-46-47-49-51-53-55-57-59-61-63-65-67-69-71-73-75-82(87)92-79-81(80-93-85(84(89)90)91-78-77-86(3,4)5)94-83(88)76-74-72-70-68-66-64-62-60-58-56-54-52-50-48-45-37-35-33-31-29-27-25-23-21-19-17-15-13-11-9-7-2/h9,11,15,17,21,23,27,29,33,35,45,48,52,54,81,85H,6-8,10,12-14,16,18-20,22,24-26,28,30-32,34,36-44,46-47,49-51,53,55-80H2,1-5H3/b11-9-,17-15-,23-21-,29-27-,35-33-,48-45-,54-52-. The van der Waals surface area contributed by atoms with Crippen molar-refractivity contribution in [2.75, 3.05) is 47.5 Å². The molecule has 0 amide bonds. The van der Waals surface area contributed by atoms with Gasteiger partial charge in [-0.2, -0.15) is 0 Å². The second-order valence-electron chi connectivity index (χ2n) is 28.3. The van der Waals surface area contributed by atoms with Crippen LogP contribution in [0.25, 0.3) is 0 Å². The Morgan fingerprint density at radius 2 is 0.606 bits per heavy atom. The number of rotatable bonds is 75. The fraction of sp³-hybridized carbons (Fsp3) is 0.800. The Balaban J connectivity index is 4.00. The van der Waals surface area contributed by atoms with Gasteiger partial charge >= 0.3 is 11.9 Å². The molecule has 0 aromatic rings. The molecule has 0 heterocycles. The van der Waals surface area contributed by atoms with Crippen molar-refractivity contribution >= 4 is 17.9 Å². The highest BCUT2D eigenvalue weighted by Gasteiger charge is 2.22. The van der Waals surface area contributed by atoms with Crippen LogP contribution in [0.15, 0.2) is 85.1 Å². The summed E-state index contributed by atoms with van der Waals surface area (Å²) < 4.78 is 22.9. The van der Waals surface area contributed by atoms with Crippen molar-refractivity contribution in [2.24, 2.45) is 0 Å². The number of hydrogen-bond acceptors (Lipinski definition) is 8. The van der Waals surface area contributed by atoms with Crippen molar-refractivity contribution in [3.05, 3.63) is 85.1 Å². The lowest BCUT2D eigenvalue weighted by Gasteiger charge is -2.26. The number of carboxylic acids is 1. The summed E-state index contributed by atoms with van der Waals surface area (Å²) in [5, 5.41) is 11.9. The molecule has 0 rings (SSSR count). The van der Waals surface area contributed by atoms with Crippen LogP contribution in [0.1, 0.15) is 380 Å². The fourth-order valence-electron chi connectivity index (χ4n) is 11.8. The summed E-state index contributed by atoms with van der Waals surface area (Å²) in [6, 6.07) is 0. The lowest BCUT2D eigenvalue weighted by molar-refractivity contribution is -0.870. The number of aliphatic carboxylic acids is 1. The van der Waals surface area contributed by atoms with Gasteiger partial charge in [0.25, 0.3) is 0 Å². The van der Waals surface area contributed by atoms with E-state index in [-0.39, 0.29) is 32.2 Å². The second kappa shape index (κ2) is 75.2. The number of likely N-dealkylation sites (N-methyl/N-ethyl adjacent to an activating group) is 1. The van der Waals surface area contributed by atoms with Crippen molar-refractivity contribution in [3.63, 3.8) is 0 Å². The van der Waals surface area contributed by atoms with E-state index in [1.165, 1.54) is 257 Å². The third-order valence-corrected chi connectivity index (χ3v) is 17.9. The SMILES string of the molecule is CC/C=C\C/C=C\C/C=C\C/C=C\C/C=C\C/C=C\C/C=C\CCCCCCCCCCCC(=O)OC(COC(=O)CCCCCCCCCCCCCCCCCCCCCCCCCCCCCCCCCCCCCCCC)COC(OCC[N+](C)(C)C)C(=O)[O-]. The van der Waals surface area contributed by atoms with Crippen LogP contribution in [-0.4, -0.2) is 82.3 Å². The van der Waals surface area contributed by atoms with Crippen molar-refractivity contribution < 1.29 is 42.9 Å². The highest BCUT2D eigenvalue weighted by molar-refractivity contribution is 5.70. The molecule has 546 valence electrons. The predicted molar refractivity (Wildman–Crippen MR) is 403 cm³/mol. The maximum absolute atomic E-state index is 13.0. The Morgan fingerprint density at radius 1 is 0.330 bits per heavy atom. The van der Waals surface area contributed by atoms with Crippen LogP contribution < -0.4 is 5.11 Å². The minimum Gasteiger partial charge on any atom is -0.545 e. The van der Waals surface area contributed by atoms with Gasteiger partial charge in [0.15, 0.2) is 12.4 Å². The number of carbonyl (C=O) groups excluding carboxylic acids is 3. The van der Waals surface area contributed by atoms with Gasteiger partial charge in [-0.1, -0.05) is 381 Å². The molecule has 0 radical (unpaired) electrons. The Bertz CT molecular complexity index is 1820. The number of carbonyl (C=O) groups is 3. The summed E-state index contributed by atoms with van der Waals surface area (Å²) in [5.74, 6) is -2.28. The number of esters is 2. The Kier molecular flexibility index (Phi) is 72.4. The molecule has 0 aromatic carbocycles. The molecule has 0 aliphatic rings. The van der Waals surface area contributed by atoms with Gasteiger partial charge in [-0.3, -0.25) is 9.59 Å². The lowest BCUT2D eigenvalue weighted by Crippen LogP contribution is -2.44. The Morgan fingerprint density at radius 3 is 0.904 bits per heavy atom. The Hall–Kier alpha value is -3.53. The third kappa shape index (κ3) is 75.8. The van der Waals surface area contributed by atoms with Gasteiger partial charge in [0, 0.05) is 12.8 Å². The first kappa shape index (κ1) is 90.5. The number of hydrogen-bond donors (Lipinski definition) is 0. The summed E-state index contributed by atoms with van der Waals surface area (Å²) in [5.41, 5.74) is 0. The van der Waals surface area contributed by atoms with E-state index in [0.29, 0.717) is 23.9 Å². The average molecular weight is 1320 g/mol. The van der Waals surface area contributed by atoms with Crippen molar-refractivity contribution in [3.8, 4) is 0 Å². The van der Waals surface area contributed by atoms with Gasteiger partial charge in [0.2, 0.25) is 0 Å². The molecule has 2 atom stereocenters. The van der Waals surface area contributed by atoms with E-state index in [1.54, 1.807) is 0 Å². The molecular formula is C85H153NO8. The van der Waals surface area contributed by atoms with Crippen molar-refractivity contribution in [1.82, 2.24) is 0 Å². The first-order valence-corrected chi connectivity index (χ1v) is 40.2. The first-order chi connectivity index (χ1) is 46.1. The number of allylic oxidation sites excluding steroid dienone is 14.